The largest absolute Gasteiger partial charge is 0.489 e. The molecule has 0 aliphatic carbocycles. The number of benzene rings is 1. The van der Waals surface area contributed by atoms with E-state index in [4.69, 9.17) is 16.3 Å². The fraction of sp³-hybridized carbons (Fsp3) is 0.538. The third kappa shape index (κ3) is 3.39. The van der Waals surface area contributed by atoms with E-state index in [-0.39, 0.29) is 12.5 Å². The maximum absolute atomic E-state index is 10.0. The molecule has 0 spiro atoms. The van der Waals surface area contributed by atoms with Crippen molar-refractivity contribution in [3.8, 4) is 5.75 Å². The Balaban J connectivity index is 2.68. The summed E-state index contributed by atoms with van der Waals surface area (Å²) in [4.78, 5) is 0. The zero-order chi connectivity index (χ0) is 12.3. The van der Waals surface area contributed by atoms with Crippen LogP contribution in [0.3, 0.4) is 0 Å². The molecule has 0 amide bonds. The number of hydrogen-bond acceptors (Lipinski definition) is 2. The van der Waals surface area contributed by atoms with Gasteiger partial charge in [-0.1, -0.05) is 31.5 Å². The highest BCUT2D eigenvalue weighted by Gasteiger charge is 2.26. The molecule has 2 nitrogen and oxygen atoms in total. The quantitative estimate of drug-likeness (QED) is 0.877. The topological polar surface area (TPSA) is 29.5 Å². The minimum absolute atomic E-state index is 0.136. The van der Waals surface area contributed by atoms with Crippen molar-refractivity contribution in [3.63, 3.8) is 0 Å². The van der Waals surface area contributed by atoms with Crippen LogP contribution in [0.15, 0.2) is 18.2 Å². The van der Waals surface area contributed by atoms with Gasteiger partial charge in [-0.2, -0.15) is 0 Å². The molecule has 0 heterocycles. The summed E-state index contributed by atoms with van der Waals surface area (Å²) >= 11 is 6.03. The molecule has 0 aromatic heterocycles. The molecule has 1 aromatic carbocycles. The van der Waals surface area contributed by atoms with Crippen molar-refractivity contribution >= 4 is 11.6 Å². The van der Waals surface area contributed by atoms with Crippen LogP contribution in [0.25, 0.3) is 0 Å². The Labute approximate surface area is 102 Å². The third-order valence-corrected chi connectivity index (χ3v) is 3.15. The fourth-order valence-electron chi connectivity index (χ4n) is 1.11. The van der Waals surface area contributed by atoms with Crippen LogP contribution >= 0.6 is 11.6 Å². The van der Waals surface area contributed by atoms with Crippen molar-refractivity contribution in [2.24, 2.45) is 5.92 Å². The lowest BCUT2D eigenvalue weighted by atomic mass is 9.94. The zero-order valence-electron chi connectivity index (χ0n) is 10.2. The first-order chi connectivity index (χ1) is 7.33. The number of aryl methyl sites for hydroxylation is 1. The number of halogens is 1. The molecule has 0 bridgehead atoms. The van der Waals surface area contributed by atoms with E-state index in [2.05, 4.69) is 0 Å². The van der Waals surface area contributed by atoms with Crippen LogP contribution in [0.1, 0.15) is 26.3 Å². The molecule has 1 aromatic rings. The van der Waals surface area contributed by atoms with Crippen molar-refractivity contribution in [1.82, 2.24) is 0 Å². The van der Waals surface area contributed by atoms with E-state index >= 15 is 0 Å². The molecular weight excluding hydrogens is 224 g/mol. The molecule has 16 heavy (non-hydrogen) atoms. The number of hydrogen-bond donors (Lipinski definition) is 1. The minimum Gasteiger partial charge on any atom is -0.489 e. The van der Waals surface area contributed by atoms with Crippen LogP contribution in [-0.2, 0) is 0 Å². The molecular formula is C13H19ClO2. The first-order valence-electron chi connectivity index (χ1n) is 5.44. The first kappa shape index (κ1) is 13.3. The lowest BCUT2D eigenvalue weighted by molar-refractivity contribution is -0.0266. The summed E-state index contributed by atoms with van der Waals surface area (Å²) in [6, 6.07) is 5.61. The van der Waals surface area contributed by atoms with Crippen LogP contribution in [-0.4, -0.2) is 17.3 Å². The van der Waals surface area contributed by atoms with E-state index in [0.29, 0.717) is 10.8 Å². The van der Waals surface area contributed by atoms with E-state index in [0.717, 1.165) is 5.56 Å². The summed E-state index contributed by atoms with van der Waals surface area (Å²) in [5.74, 6) is 0.755. The van der Waals surface area contributed by atoms with Gasteiger partial charge in [0.15, 0.2) is 0 Å². The van der Waals surface area contributed by atoms with Gasteiger partial charge in [0.05, 0.1) is 10.6 Å². The van der Waals surface area contributed by atoms with Crippen LogP contribution in [0.5, 0.6) is 5.75 Å². The van der Waals surface area contributed by atoms with Crippen molar-refractivity contribution in [1.29, 1.82) is 0 Å². The fourth-order valence-corrected chi connectivity index (χ4v) is 1.40. The van der Waals surface area contributed by atoms with Crippen molar-refractivity contribution in [3.05, 3.63) is 28.8 Å². The zero-order valence-corrected chi connectivity index (χ0v) is 11.0. The van der Waals surface area contributed by atoms with Crippen LogP contribution < -0.4 is 4.74 Å². The number of aliphatic hydroxyl groups is 1. The maximum Gasteiger partial charge on any atom is 0.138 e. The van der Waals surface area contributed by atoms with Crippen molar-refractivity contribution in [2.75, 3.05) is 6.61 Å². The van der Waals surface area contributed by atoms with Gasteiger partial charge in [0.2, 0.25) is 0 Å². The maximum atomic E-state index is 10.0. The Kier molecular flexibility index (Phi) is 4.22. The molecule has 0 saturated heterocycles. The number of ether oxygens (including phenoxy) is 1. The van der Waals surface area contributed by atoms with E-state index in [9.17, 15) is 5.11 Å². The van der Waals surface area contributed by atoms with Gasteiger partial charge in [0, 0.05) is 0 Å². The Morgan fingerprint density at radius 2 is 2.06 bits per heavy atom. The molecule has 0 aliphatic heterocycles. The standard InChI is InChI=1S/C13H19ClO2/c1-9(2)13(4,15)8-16-12-6-5-10(3)7-11(12)14/h5-7,9,15H,8H2,1-4H3. The molecule has 0 saturated carbocycles. The lowest BCUT2D eigenvalue weighted by Gasteiger charge is -2.27. The molecule has 1 atom stereocenters. The van der Waals surface area contributed by atoms with Crippen LogP contribution in [0.2, 0.25) is 5.02 Å². The van der Waals surface area contributed by atoms with E-state index in [1.807, 2.05) is 39.0 Å². The van der Waals surface area contributed by atoms with E-state index in [1.165, 1.54) is 0 Å². The molecule has 0 fully saturated rings. The average molecular weight is 243 g/mol. The molecule has 1 rings (SSSR count). The second kappa shape index (κ2) is 5.07. The highest BCUT2D eigenvalue weighted by molar-refractivity contribution is 6.32. The van der Waals surface area contributed by atoms with Gasteiger partial charge < -0.3 is 9.84 Å². The monoisotopic (exact) mass is 242 g/mol. The van der Waals surface area contributed by atoms with Gasteiger partial charge in [-0.15, -0.1) is 0 Å². The molecule has 3 heteroatoms. The molecule has 0 radical (unpaired) electrons. The second-order valence-corrected chi connectivity index (χ2v) is 5.14. The Bertz CT molecular complexity index is 359. The van der Waals surface area contributed by atoms with E-state index in [1.54, 1.807) is 6.92 Å². The van der Waals surface area contributed by atoms with Crippen LogP contribution in [0.4, 0.5) is 0 Å². The molecule has 1 N–H and O–H groups in total. The van der Waals surface area contributed by atoms with Gasteiger partial charge >= 0.3 is 0 Å². The highest BCUT2D eigenvalue weighted by Crippen LogP contribution is 2.27. The minimum atomic E-state index is -0.839. The van der Waals surface area contributed by atoms with Gasteiger partial charge in [-0.05, 0) is 37.5 Å². The van der Waals surface area contributed by atoms with Gasteiger partial charge in [0.25, 0.3) is 0 Å². The average Bonchev–Trinajstić information content (AvgIpc) is 2.16. The number of rotatable bonds is 4. The second-order valence-electron chi connectivity index (χ2n) is 4.73. The normalized spacial score (nSPS) is 14.9. The predicted octanol–water partition coefficient (Wildman–Crippen LogP) is 3.43. The third-order valence-electron chi connectivity index (χ3n) is 2.85. The summed E-state index contributed by atoms with van der Waals surface area (Å²) in [5, 5.41) is 10.6. The highest BCUT2D eigenvalue weighted by atomic mass is 35.5. The molecule has 90 valence electrons. The van der Waals surface area contributed by atoms with Gasteiger partial charge in [-0.3, -0.25) is 0 Å². The van der Waals surface area contributed by atoms with Gasteiger partial charge in [-0.25, -0.2) is 0 Å². The van der Waals surface area contributed by atoms with Crippen molar-refractivity contribution in [2.45, 2.75) is 33.3 Å². The summed E-state index contributed by atoms with van der Waals surface area (Å²) < 4.78 is 5.54. The lowest BCUT2D eigenvalue weighted by Crippen LogP contribution is -2.37. The predicted molar refractivity (Wildman–Crippen MR) is 67.1 cm³/mol. The summed E-state index contributed by atoms with van der Waals surface area (Å²) in [5.41, 5.74) is 0.252. The summed E-state index contributed by atoms with van der Waals surface area (Å²) in [6.45, 7) is 7.90. The first-order valence-corrected chi connectivity index (χ1v) is 5.82. The summed E-state index contributed by atoms with van der Waals surface area (Å²) in [6.07, 6.45) is 0. The Morgan fingerprint density at radius 1 is 1.44 bits per heavy atom. The smallest absolute Gasteiger partial charge is 0.138 e. The summed E-state index contributed by atoms with van der Waals surface area (Å²) in [7, 11) is 0. The SMILES string of the molecule is Cc1ccc(OCC(C)(O)C(C)C)c(Cl)c1. The molecule has 1 unspecified atom stereocenters. The van der Waals surface area contributed by atoms with Crippen LogP contribution in [0, 0.1) is 12.8 Å². The van der Waals surface area contributed by atoms with E-state index < -0.39 is 5.60 Å². The van der Waals surface area contributed by atoms with Gasteiger partial charge in [0.1, 0.15) is 12.4 Å². The molecule has 0 aliphatic rings. The Hall–Kier alpha value is -0.730. The Morgan fingerprint density at radius 3 is 2.56 bits per heavy atom. The van der Waals surface area contributed by atoms with Crippen molar-refractivity contribution < 1.29 is 9.84 Å².